The number of nitrogens with two attached hydrogens (primary N) is 1. The molecule has 0 fully saturated rings. The number of nitrogens with one attached hydrogen (secondary N) is 1. The third-order valence-electron chi connectivity index (χ3n) is 2.38. The van der Waals surface area contributed by atoms with Gasteiger partial charge in [-0.15, -0.1) is 5.10 Å². The van der Waals surface area contributed by atoms with Crippen LogP contribution in [0.4, 0.5) is 5.82 Å². The topological polar surface area (TPSA) is 112 Å². The Kier molecular flexibility index (Phi) is 3.74. The van der Waals surface area contributed by atoms with E-state index in [1.807, 2.05) is 13.8 Å². The highest BCUT2D eigenvalue weighted by Crippen LogP contribution is 2.34. The van der Waals surface area contributed by atoms with E-state index < -0.39 is 0 Å². The summed E-state index contributed by atoms with van der Waals surface area (Å²) in [4.78, 5) is 19.6. The Morgan fingerprint density at radius 2 is 2.21 bits per heavy atom. The monoisotopic (exact) mass is 282 g/mol. The first kappa shape index (κ1) is 13.4. The number of hydrogen-bond donors (Lipinski definition) is 2. The van der Waals surface area contributed by atoms with Crippen LogP contribution in [0.3, 0.4) is 0 Å². The molecule has 2 heterocycles. The molecular formula is C10H14N6O2S. The Balaban J connectivity index is 2.42. The summed E-state index contributed by atoms with van der Waals surface area (Å²) in [6, 6.07) is -0.0149. The minimum absolute atomic E-state index is 0.0149. The summed E-state index contributed by atoms with van der Waals surface area (Å²) in [6.07, 6.45) is 1.34. The predicted octanol–water partition coefficient (Wildman–Crippen LogP) is 0.684. The lowest BCUT2D eigenvalue weighted by molar-refractivity contribution is 0.400. The van der Waals surface area contributed by atoms with Gasteiger partial charge in [0.25, 0.3) is 0 Å². The lowest BCUT2D eigenvalue weighted by Gasteiger charge is -2.10. The largest absolute Gasteiger partial charge is 0.490 e. The van der Waals surface area contributed by atoms with Crippen LogP contribution in [0.5, 0.6) is 5.75 Å². The first-order chi connectivity index (χ1) is 9.04. The second kappa shape index (κ2) is 5.31. The van der Waals surface area contributed by atoms with Crippen LogP contribution in [-0.4, -0.2) is 31.8 Å². The van der Waals surface area contributed by atoms with Crippen LogP contribution < -0.4 is 16.2 Å². The van der Waals surface area contributed by atoms with Gasteiger partial charge in [0, 0.05) is 6.04 Å². The van der Waals surface area contributed by atoms with Gasteiger partial charge in [0.1, 0.15) is 6.33 Å². The maximum Gasteiger partial charge on any atom is 0.344 e. The van der Waals surface area contributed by atoms with Gasteiger partial charge in [-0.3, -0.25) is 4.57 Å². The Hall–Kier alpha value is -2.03. The molecule has 0 saturated heterocycles. The molecule has 3 N–H and O–H groups in total. The highest BCUT2D eigenvalue weighted by Gasteiger charge is 2.17. The zero-order valence-corrected chi connectivity index (χ0v) is 11.6. The van der Waals surface area contributed by atoms with Crippen molar-refractivity contribution in [2.45, 2.75) is 30.1 Å². The SMILES string of the molecule is COc1c(N)ncnc1Sc1n[nH]c(=O)n1C(C)C. The Labute approximate surface area is 113 Å². The number of H-pyrrole nitrogens is 1. The normalized spacial score (nSPS) is 10.9. The van der Waals surface area contributed by atoms with Gasteiger partial charge in [-0.2, -0.15) is 0 Å². The molecule has 0 saturated carbocycles. The van der Waals surface area contributed by atoms with E-state index in [4.69, 9.17) is 10.5 Å². The van der Waals surface area contributed by atoms with Gasteiger partial charge in [-0.05, 0) is 25.6 Å². The van der Waals surface area contributed by atoms with E-state index in [9.17, 15) is 4.79 Å². The molecule has 9 heteroatoms. The molecule has 0 aliphatic rings. The fraction of sp³-hybridized carbons (Fsp3) is 0.400. The lowest BCUT2D eigenvalue weighted by Crippen LogP contribution is -2.19. The van der Waals surface area contributed by atoms with Crippen molar-refractivity contribution in [3.8, 4) is 5.75 Å². The van der Waals surface area contributed by atoms with Gasteiger partial charge in [0.15, 0.2) is 21.7 Å². The molecule has 2 rings (SSSR count). The number of aromatic nitrogens is 5. The Morgan fingerprint density at radius 1 is 1.47 bits per heavy atom. The quantitative estimate of drug-likeness (QED) is 0.793. The minimum atomic E-state index is -0.265. The number of rotatable bonds is 4. The van der Waals surface area contributed by atoms with E-state index in [0.717, 1.165) is 0 Å². The summed E-state index contributed by atoms with van der Waals surface area (Å²) in [5.41, 5.74) is 5.44. The highest BCUT2D eigenvalue weighted by molar-refractivity contribution is 7.99. The van der Waals surface area contributed by atoms with Crippen molar-refractivity contribution in [2.75, 3.05) is 12.8 Å². The molecule has 0 aromatic carbocycles. The number of ether oxygens (including phenoxy) is 1. The van der Waals surface area contributed by atoms with Crippen molar-refractivity contribution >= 4 is 17.6 Å². The molecule has 2 aromatic heterocycles. The lowest BCUT2D eigenvalue weighted by atomic mass is 10.4. The van der Waals surface area contributed by atoms with Crippen LogP contribution in [0.1, 0.15) is 19.9 Å². The maximum atomic E-state index is 11.6. The van der Waals surface area contributed by atoms with Gasteiger partial charge >= 0.3 is 5.69 Å². The Bertz CT molecular complexity index is 635. The average Bonchev–Trinajstić information content (AvgIpc) is 2.71. The van der Waals surface area contributed by atoms with Crippen LogP contribution >= 0.6 is 11.8 Å². The van der Waals surface area contributed by atoms with Gasteiger partial charge in [0.05, 0.1) is 7.11 Å². The van der Waals surface area contributed by atoms with Crippen LogP contribution in [-0.2, 0) is 0 Å². The number of nitrogen functional groups attached to an aromatic ring is 1. The van der Waals surface area contributed by atoms with Gasteiger partial charge in [0.2, 0.25) is 0 Å². The number of hydrogen-bond acceptors (Lipinski definition) is 7. The van der Waals surface area contributed by atoms with E-state index in [1.54, 1.807) is 0 Å². The number of nitrogens with zero attached hydrogens (tertiary/aromatic N) is 4. The summed E-state index contributed by atoms with van der Waals surface area (Å²) >= 11 is 1.19. The second-order valence-corrected chi connectivity index (χ2v) is 4.93. The predicted molar refractivity (Wildman–Crippen MR) is 70.4 cm³/mol. The van der Waals surface area contributed by atoms with Gasteiger partial charge in [-0.25, -0.2) is 19.9 Å². The van der Waals surface area contributed by atoms with Crippen molar-refractivity contribution in [3.05, 3.63) is 16.8 Å². The molecule has 0 bridgehead atoms. The van der Waals surface area contributed by atoms with Crippen molar-refractivity contribution < 1.29 is 4.74 Å². The summed E-state index contributed by atoms with van der Waals surface area (Å²) in [5.74, 6) is 0.618. The molecule has 19 heavy (non-hydrogen) atoms. The van der Waals surface area contributed by atoms with Crippen LogP contribution in [0.15, 0.2) is 21.3 Å². The van der Waals surface area contributed by atoms with E-state index in [2.05, 4.69) is 20.2 Å². The zero-order chi connectivity index (χ0) is 14.0. The highest BCUT2D eigenvalue weighted by atomic mass is 32.2. The number of methoxy groups -OCH3 is 1. The summed E-state index contributed by atoms with van der Waals surface area (Å²) in [6.45, 7) is 3.79. The molecule has 0 unspecified atom stereocenters. The standard InChI is InChI=1S/C10H14N6O2S/c1-5(2)16-9(17)14-15-10(16)19-8-6(18-3)7(11)12-4-13-8/h4-5H,1-3H3,(H,14,17)(H2,11,12,13). The maximum absolute atomic E-state index is 11.6. The van der Waals surface area contributed by atoms with Crippen molar-refractivity contribution in [2.24, 2.45) is 0 Å². The van der Waals surface area contributed by atoms with Crippen molar-refractivity contribution in [1.29, 1.82) is 0 Å². The fourth-order valence-corrected chi connectivity index (χ4v) is 2.58. The molecule has 0 aliphatic heterocycles. The molecule has 102 valence electrons. The molecular weight excluding hydrogens is 268 g/mol. The summed E-state index contributed by atoms with van der Waals surface area (Å²) in [7, 11) is 1.49. The molecule has 2 aromatic rings. The smallest absolute Gasteiger partial charge is 0.344 e. The van der Waals surface area contributed by atoms with Gasteiger partial charge < -0.3 is 10.5 Å². The zero-order valence-electron chi connectivity index (χ0n) is 10.7. The van der Waals surface area contributed by atoms with Crippen LogP contribution in [0, 0.1) is 0 Å². The fourth-order valence-electron chi connectivity index (χ4n) is 1.54. The Morgan fingerprint density at radius 3 is 2.84 bits per heavy atom. The average molecular weight is 282 g/mol. The first-order valence-corrected chi connectivity index (χ1v) is 6.35. The first-order valence-electron chi connectivity index (χ1n) is 5.53. The van der Waals surface area contributed by atoms with Crippen molar-refractivity contribution in [1.82, 2.24) is 24.7 Å². The van der Waals surface area contributed by atoms with Crippen molar-refractivity contribution in [3.63, 3.8) is 0 Å². The number of anilines is 1. The third-order valence-corrected chi connectivity index (χ3v) is 3.33. The van der Waals surface area contributed by atoms with E-state index in [-0.39, 0.29) is 17.5 Å². The molecule has 8 nitrogen and oxygen atoms in total. The summed E-state index contributed by atoms with van der Waals surface area (Å²) in [5, 5.41) is 7.39. The van der Waals surface area contributed by atoms with E-state index in [1.165, 1.54) is 29.8 Å². The van der Waals surface area contributed by atoms with Crippen LogP contribution in [0.2, 0.25) is 0 Å². The third kappa shape index (κ3) is 2.55. The van der Waals surface area contributed by atoms with E-state index in [0.29, 0.717) is 15.9 Å². The van der Waals surface area contributed by atoms with Crippen LogP contribution in [0.25, 0.3) is 0 Å². The molecule has 0 atom stereocenters. The molecule has 0 radical (unpaired) electrons. The number of aromatic amines is 1. The molecule has 0 spiro atoms. The van der Waals surface area contributed by atoms with E-state index >= 15 is 0 Å². The van der Waals surface area contributed by atoms with Gasteiger partial charge in [-0.1, -0.05) is 0 Å². The molecule has 0 aliphatic carbocycles. The summed E-state index contributed by atoms with van der Waals surface area (Å²) < 4.78 is 6.69. The second-order valence-electron chi connectivity index (χ2n) is 3.97. The molecule has 0 amide bonds. The minimum Gasteiger partial charge on any atom is -0.490 e.